The average molecular weight is 228 g/mol. The van der Waals surface area contributed by atoms with E-state index in [9.17, 15) is 4.79 Å². The third kappa shape index (κ3) is 2.63. The second-order valence-electron chi connectivity index (χ2n) is 3.67. The predicted molar refractivity (Wildman–Crippen MR) is 60.7 cm³/mol. The van der Waals surface area contributed by atoms with E-state index < -0.39 is 5.97 Å². The van der Waals surface area contributed by atoms with Crippen molar-refractivity contribution in [2.24, 2.45) is 0 Å². The number of carboxylic acids is 1. The Morgan fingerprint density at radius 1 is 1.60 bits per heavy atom. The van der Waals surface area contributed by atoms with E-state index in [0.29, 0.717) is 17.0 Å². The molecule has 4 heteroatoms. The lowest BCUT2D eigenvalue weighted by molar-refractivity contribution is -0.132. The fraction of sp³-hybridized carbons (Fsp3) is 0.364. The Bertz CT molecular complexity index is 378. The average Bonchev–Trinajstić information content (AvgIpc) is 2.11. The van der Waals surface area contributed by atoms with Gasteiger partial charge in [0.2, 0.25) is 0 Å². The summed E-state index contributed by atoms with van der Waals surface area (Å²) in [6, 6.07) is 0. The molecule has 0 amide bonds. The van der Waals surface area contributed by atoms with Crippen LogP contribution in [0.1, 0.15) is 13.3 Å². The quantitative estimate of drug-likeness (QED) is 0.788. The van der Waals surface area contributed by atoms with E-state index in [2.05, 4.69) is 0 Å². The van der Waals surface area contributed by atoms with Crippen LogP contribution < -0.4 is 0 Å². The van der Waals surface area contributed by atoms with Crippen LogP contribution >= 0.6 is 11.6 Å². The lowest BCUT2D eigenvalue weighted by atomic mass is 9.94. The highest BCUT2D eigenvalue weighted by molar-refractivity contribution is 6.32. The van der Waals surface area contributed by atoms with Crippen molar-refractivity contribution in [3.8, 4) is 0 Å². The summed E-state index contributed by atoms with van der Waals surface area (Å²) >= 11 is 6.03. The zero-order valence-corrected chi connectivity index (χ0v) is 9.80. The first-order chi connectivity index (χ1) is 6.93. The Labute approximate surface area is 94.3 Å². The molecule has 0 radical (unpaired) electrons. The number of hydrogen-bond donors (Lipinski definition) is 1. The number of aliphatic carboxylic acids is 1. The van der Waals surface area contributed by atoms with Crippen LogP contribution in [0.15, 0.2) is 34.0 Å². The molecule has 82 valence electrons. The molecule has 0 fully saturated rings. The predicted octanol–water partition coefficient (Wildman–Crippen LogP) is 2.36. The van der Waals surface area contributed by atoms with E-state index in [0.717, 1.165) is 11.1 Å². The fourth-order valence-electron chi connectivity index (χ4n) is 1.46. The van der Waals surface area contributed by atoms with Gasteiger partial charge in [-0.2, -0.15) is 0 Å². The van der Waals surface area contributed by atoms with Crippen LogP contribution in [0, 0.1) is 0 Å². The number of halogens is 1. The Morgan fingerprint density at radius 3 is 2.67 bits per heavy atom. The summed E-state index contributed by atoms with van der Waals surface area (Å²) in [6.07, 6.45) is 3.95. The van der Waals surface area contributed by atoms with Gasteiger partial charge in [-0.1, -0.05) is 17.7 Å². The van der Waals surface area contributed by atoms with Crippen molar-refractivity contribution in [3.05, 3.63) is 34.0 Å². The molecule has 0 unspecified atom stereocenters. The van der Waals surface area contributed by atoms with Gasteiger partial charge in [0.05, 0.1) is 0 Å². The Balaban J connectivity index is 3.17. The molecule has 0 heterocycles. The summed E-state index contributed by atoms with van der Waals surface area (Å²) in [4.78, 5) is 12.8. The second-order valence-corrected chi connectivity index (χ2v) is 4.08. The van der Waals surface area contributed by atoms with Gasteiger partial charge in [0.1, 0.15) is 0 Å². The van der Waals surface area contributed by atoms with Crippen LogP contribution in [0.3, 0.4) is 0 Å². The summed E-state index contributed by atoms with van der Waals surface area (Å²) in [5.74, 6) is -0.877. The topological polar surface area (TPSA) is 40.5 Å². The number of carboxylic acid groups (broad SMARTS) is 1. The fourth-order valence-corrected chi connectivity index (χ4v) is 1.73. The van der Waals surface area contributed by atoms with Crippen LogP contribution in [0.2, 0.25) is 0 Å². The van der Waals surface area contributed by atoms with Gasteiger partial charge >= 0.3 is 5.97 Å². The van der Waals surface area contributed by atoms with E-state index in [4.69, 9.17) is 16.7 Å². The van der Waals surface area contributed by atoms with Crippen LogP contribution in [-0.2, 0) is 4.79 Å². The van der Waals surface area contributed by atoms with Crippen molar-refractivity contribution in [2.75, 3.05) is 14.1 Å². The second kappa shape index (κ2) is 4.53. The molecule has 0 aromatic carbocycles. The van der Waals surface area contributed by atoms with Crippen molar-refractivity contribution >= 4 is 17.6 Å². The number of nitrogens with zero attached hydrogens (tertiary/aromatic N) is 1. The van der Waals surface area contributed by atoms with E-state index in [1.54, 1.807) is 13.0 Å². The highest BCUT2D eigenvalue weighted by Crippen LogP contribution is 2.32. The summed E-state index contributed by atoms with van der Waals surface area (Å²) in [5, 5.41) is 9.59. The molecule has 1 aliphatic rings. The molecule has 1 rings (SSSR count). The first-order valence-corrected chi connectivity index (χ1v) is 4.99. The minimum atomic E-state index is -0.877. The van der Waals surface area contributed by atoms with Gasteiger partial charge in [0.15, 0.2) is 0 Å². The molecule has 15 heavy (non-hydrogen) atoms. The van der Waals surface area contributed by atoms with Gasteiger partial charge in [-0.25, -0.2) is 4.79 Å². The highest BCUT2D eigenvalue weighted by atomic mass is 35.5. The van der Waals surface area contributed by atoms with E-state index in [-0.39, 0.29) is 0 Å². The first-order valence-electron chi connectivity index (χ1n) is 4.61. The third-order valence-electron chi connectivity index (χ3n) is 2.24. The maximum atomic E-state index is 10.9. The molecule has 0 saturated carbocycles. The van der Waals surface area contributed by atoms with Gasteiger partial charge < -0.3 is 10.0 Å². The van der Waals surface area contributed by atoms with Crippen molar-refractivity contribution in [1.82, 2.24) is 4.90 Å². The monoisotopic (exact) mass is 227 g/mol. The molecule has 3 nitrogen and oxygen atoms in total. The van der Waals surface area contributed by atoms with Crippen LogP contribution in [0.5, 0.6) is 0 Å². The van der Waals surface area contributed by atoms with Gasteiger partial charge in [-0.05, 0) is 18.9 Å². The first kappa shape index (κ1) is 11.9. The lowest BCUT2D eigenvalue weighted by Gasteiger charge is -2.18. The highest BCUT2D eigenvalue weighted by Gasteiger charge is 2.19. The van der Waals surface area contributed by atoms with Crippen molar-refractivity contribution in [3.63, 3.8) is 0 Å². The smallest absolute Gasteiger partial charge is 0.332 e. The molecule has 0 atom stereocenters. The van der Waals surface area contributed by atoms with Crippen LogP contribution in [0.4, 0.5) is 0 Å². The number of allylic oxidation sites excluding steroid dienone is 4. The van der Waals surface area contributed by atoms with Gasteiger partial charge in [-0.3, -0.25) is 0 Å². The molecular formula is C11H14ClNO2. The van der Waals surface area contributed by atoms with E-state index in [1.807, 2.05) is 25.2 Å². The maximum absolute atomic E-state index is 10.9. The molecule has 1 aliphatic carbocycles. The molecular weight excluding hydrogens is 214 g/mol. The summed E-state index contributed by atoms with van der Waals surface area (Å²) < 4.78 is 0. The summed E-state index contributed by atoms with van der Waals surface area (Å²) in [5.41, 5.74) is 1.93. The van der Waals surface area contributed by atoms with Crippen molar-refractivity contribution < 1.29 is 9.90 Å². The van der Waals surface area contributed by atoms with Crippen LogP contribution in [0.25, 0.3) is 0 Å². The van der Waals surface area contributed by atoms with Gasteiger partial charge in [0, 0.05) is 36.5 Å². The maximum Gasteiger partial charge on any atom is 0.332 e. The molecule has 0 aromatic rings. The molecule has 0 aliphatic heterocycles. The number of rotatable bonds is 2. The molecule has 0 spiro atoms. The molecule has 0 bridgehead atoms. The van der Waals surface area contributed by atoms with Gasteiger partial charge in [-0.15, -0.1) is 0 Å². The normalized spacial score (nSPS) is 19.2. The lowest BCUT2D eigenvalue weighted by Crippen LogP contribution is -2.11. The zero-order chi connectivity index (χ0) is 11.6. The Hall–Kier alpha value is -1.22. The molecule has 1 N–H and O–H groups in total. The van der Waals surface area contributed by atoms with E-state index in [1.165, 1.54) is 0 Å². The van der Waals surface area contributed by atoms with Gasteiger partial charge in [0.25, 0.3) is 0 Å². The van der Waals surface area contributed by atoms with Crippen molar-refractivity contribution in [1.29, 1.82) is 0 Å². The standard InChI is InChI=1S/C11H14ClNO2/c1-7-8(11(14)15)4-5-10(12)9(7)6-13(2)3/h5-6H,4H2,1-3H3,(H,14,15). The largest absolute Gasteiger partial charge is 0.478 e. The minimum absolute atomic E-state index is 0.394. The molecule has 0 saturated heterocycles. The summed E-state index contributed by atoms with van der Waals surface area (Å²) in [7, 11) is 3.75. The molecule has 0 aromatic heterocycles. The summed E-state index contributed by atoms with van der Waals surface area (Å²) in [6.45, 7) is 1.79. The SMILES string of the molecule is CC1=C(C(=O)O)CC=C(Cl)C1=CN(C)C. The zero-order valence-electron chi connectivity index (χ0n) is 9.04. The van der Waals surface area contributed by atoms with E-state index >= 15 is 0 Å². The minimum Gasteiger partial charge on any atom is -0.478 e. The van der Waals surface area contributed by atoms with Crippen molar-refractivity contribution in [2.45, 2.75) is 13.3 Å². The Morgan fingerprint density at radius 2 is 2.20 bits per heavy atom. The van der Waals surface area contributed by atoms with Crippen LogP contribution in [-0.4, -0.2) is 30.1 Å². The third-order valence-corrected chi connectivity index (χ3v) is 2.60. The Kier molecular flexibility index (Phi) is 3.58. The number of hydrogen-bond acceptors (Lipinski definition) is 2. The number of carbonyl (C=O) groups is 1.